The van der Waals surface area contributed by atoms with Gasteiger partial charge in [0.05, 0.1) is 5.69 Å². The lowest BCUT2D eigenvalue weighted by molar-refractivity contribution is -0.274. The summed E-state index contributed by atoms with van der Waals surface area (Å²) in [7, 11) is 0. The summed E-state index contributed by atoms with van der Waals surface area (Å²) in [4.78, 5) is 28.7. The van der Waals surface area contributed by atoms with Crippen molar-refractivity contribution in [2.75, 3.05) is 0 Å². The molecule has 0 radical (unpaired) electrons. The van der Waals surface area contributed by atoms with Crippen molar-refractivity contribution in [3.63, 3.8) is 0 Å². The third-order valence-corrected chi connectivity index (χ3v) is 5.20. The molecule has 1 atom stereocenters. The first kappa shape index (κ1) is 21.3. The van der Waals surface area contributed by atoms with Crippen LogP contribution in [0, 0.1) is 6.92 Å². The second kappa shape index (κ2) is 8.54. The van der Waals surface area contributed by atoms with Gasteiger partial charge < -0.3 is 15.2 Å². The summed E-state index contributed by atoms with van der Waals surface area (Å²) in [6.07, 6.45) is -4.79. The van der Waals surface area contributed by atoms with Crippen LogP contribution in [-0.4, -0.2) is 28.3 Å². The van der Waals surface area contributed by atoms with Gasteiger partial charge in [0.15, 0.2) is 6.04 Å². The minimum atomic E-state index is -4.79. The molecule has 30 heavy (non-hydrogen) atoms. The van der Waals surface area contributed by atoms with E-state index in [1.54, 1.807) is 37.3 Å². The zero-order valence-electron chi connectivity index (χ0n) is 15.4. The van der Waals surface area contributed by atoms with Crippen LogP contribution in [0.4, 0.5) is 13.2 Å². The topological polar surface area (TPSA) is 88.5 Å². The average molecular weight is 436 g/mol. The van der Waals surface area contributed by atoms with Crippen molar-refractivity contribution < 1.29 is 32.6 Å². The van der Waals surface area contributed by atoms with Gasteiger partial charge in [-0.3, -0.25) is 4.79 Å². The number of hydrogen-bond acceptors (Lipinski definition) is 5. The van der Waals surface area contributed by atoms with Gasteiger partial charge in [0, 0.05) is 5.56 Å². The van der Waals surface area contributed by atoms with Crippen molar-refractivity contribution in [3.8, 4) is 16.3 Å². The lowest BCUT2D eigenvalue weighted by Gasteiger charge is -2.14. The zero-order valence-corrected chi connectivity index (χ0v) is 16.3. The van der Waals surface area contributed by atoms with Gasteiger partial charge in [0.1, 0.15) is 15.6 Å². The minimum absolute atomic E-state index is 0.211. The summed E-state index contributed by atoms with van der Waals surface area (Å²) in [6, 6.07) is 12.1. The molecule has 0 fully saturated rings. The first-order valence-corrected chi connectivity index (χ1v) is 9.38. The third kappa shape index (κ3) is 5.15. The van der Waals surface area contributed by atoms with E-state index in [1.807, 2.05) is 0 Å². The van der Waals surface area contributed by atoms with Crippen LogP contribution >= 0.6 is 11.3 Å². The van der Waals surface area contributed by atoms with Gasteiger partial charge in [-0.2, -0.15) is 0 Å². The molecule has 1 heterocycles. The van der Waals surface area contributed by atoms with Gasteiger partial charge in [-0.05, 0) is 36.8 Å². The van der Waals surface area contributed by atoms with E-state index < -0.39 is 24.3 Å². The number of alkyl halides is 3. The highest BCUT2D eigenvalue weighted by Crippen LogP contribution is 2.31. The monoisotopic (exact) mass is 436 g/mol. The largest absolute Gasteiger partial charge is 0.573 e. The van der Waals surface area contributed by atoms with Crippen molar-refractivity contribution in [3.05, 3.63) is 70.7 Å². The highest BCUT2D eigenvalue weighted by atomic mass is 32.1. The first-order valence-electron chi connectivity index (χ1n) is 8.56. The summed E-state index contributed by atoms with van der Waals surface area (Å²) in [5, 5.41) is 12.3. The Hall–Kier alpha value is -3.40. The van der Waals surface area contributed by atoms with E-state index >= 15 is 0 Å². The van der Waals surface area contributed by atoms with Crippen molar-refractivity contribution in [1.29, 1.82) is 0 Å². The van der Waals surface area contributed by atoms with E-state index in [4.69, 9.17) is 0 Å². The van der Waals surface area contributed by atoms with Crippen molar-refractivity contribution in [2.45, 2.75) is 19.3 Å². The Morgan fingerprint density at radius 2 is 1.73 bits per heavy atom. The second-order valence-corrected chi connectivity index (χ2v) is 7.16. The maximum absolute atomic E-state index is 12.7. The average Bonchev–Trinajstić information content (AvgIpc) is 3.07. The number of amides is 1. The van der Waals surface area contributed by atoms with E-state index in [-0.39, 0.29) is 10.6 Å². The molecule has 0 spiro atoms. The number of ether oxygens (including phenoxy) is 1. The lowest BCUT2D eigenvalue weighted by Crippen LogP contribution is -2.33. The summed E-state index contributed by atoms with van der Waals surface area (Å²) in [6.45, 7) is 1.59. The van der Waals surface area contributed by atoms with Gasteiger partial charge in [-0.25, -0.2) is 9.78 Å². The fourth-order valence-corrected chi connectivity index (χ4v) is 3.63. The number of aromatic nitrogens is 1. The molecule has 3 aromatic rings. The van der Waals surface area contributed by atoms with Crippen LogP contribution in [0.15, 0.2) is 54.6 Å². The molecule has 6 nitrogen and oxygen atoms in total. The number of hydrogen-bond donors (Lipinski definition) is 2. The van der Waals surface area contributed by atoms with E-state index in [0.717, 1.165) is 23.5 Å². The number of carboxylic acids is 1. The molecule has 0 aliphatic heterocycles. The number of benzene rings is 2. The molecule has 3 rings (SSSR count). The van der Waals surface area contributed by atoms with Crippen LogP contribution in [0.3, 0.4) is 0 Å². The van der Waals surface area contributed by atoms with Crippen molar-refractivity contribution in [1.82, 2.24) is 10.3 Å². The number of carbonyl (C=O) groups excluding carboxylic acids is 1. The summed E-state index contributed by atoms with van der Waals surface area (Å²) in [5.41, 5.74) is 1.29. The number of aliphatic carboxylic acids is 1. The van der Waals surface area contributed by atoms with E-state index in [0.29, 0.717) is 21.8 Å². The van der Waals surface area contributed by atoms with Crippen LogP contribution in [0.5, 0.6) is 5.75 Å². The molecular formula is C20H15F3N2O4S. The number of halogens is 3. The van der Waals surface area contributed by atoms with Gasteiger partial charge in [0.25, 0.3) is 5.91 Å². The van der Waals surface area contributed by atoms with E-state index in [1.165, 1.54) is 12.1 Å². The number of carboxylic acid groups (broad SMARTS) is 1. The number of rotatable bonds is 6. The Balaban J connectivity index is 1.80. The van der Waals surface area contributed by atoms with Crippen LogP contribution in [0.1, 0.15) is 27.0 Å². The molecule has 0 bridgehead atoms. The molecule has 10 heteroatoms. The number of carbonyl (C=O) groups is 2. The molecular weight excluding hydrogens is 421 g/mol. The molecule has 0 aliphatic carbocycles. The normalized spacial score (nSPS) is 12.3. The summed E-state index contributed by atoms with van der Waals surface area (Å²) >= 11 is 1.01. The van der Waals surface area contributed by atoms with Gasteiger partial charge in [0.2, 0.25) is 0 Å². The van der Waals surface area contributed by atoms with E-state index in [2.05, 4.69) is 15.0 Å². The van der Waals surface area contributed by atoms with Crippen LogP contribution in [-0.2, 0) is 4.79 Å². The lowest BCUT2D eigenvalue weighted by atomic mass is 10.1. The fourth-order valence-electron chi connectivity index (χ4n) is 2.66. The van der Waals surface area contributed by atoms with Gasteiger partial charge in [-0.1, -0.05) is 30.3 Å². The predicted molar refractivity (Wildman–Crippen MR) is 103 cm³/mol. The smallest absolute Gasteiger partial charge is 0.479 e. The molecule has 156 valence electrons. The highest BCUT2D eigenvalue weighted by Gasteiger charge is 2.31. The Kier molecular flexibility index (Phi) is 6.06. The second-order valence-electron chi connectivity index (χ2n) is 6.16. The van der Waals surface area contributed by atoms with Crippen LogP contribution in [0.25, 0.3) is 10.6 Å². The number of thiazole rings is 1. The Morgan fingerprint density at radius 1 is 1.10 bits per heavy atom. The molecule has 1 aromatic heterocycles. The van der Waals surface area contributed by atoms with Gasteiger partial charge in [-0.15, -0.1) is 24.5 Å². The first-order chi connectivity index (χ1) is 14.1. The highest BCUT2D eigenvalue weighted by molar-refractivity contribution is 7.17. The number of nitrogens with one attached hydrogen (secondary N) is 1. The summed E-state index contributed by atoms with van der Waals surface area (Å²) in [5.74, 6) is -2.19. The van der Waals surface area contributed by atoms with Crippen molar-refractivity contribution >= 4 is 23.2 Å². The van der Waals surface area contributed by atoms with Gasteiger partial charge >= 0.3 is 12.3 Å². The number of nitrogens with zero attached hydrogens (tertiary/aromatic N) is 1. The molecule has 0 aliphatic rings. The predicted octanol–water partition coefficient (Wildman–Crippen LogP) is 4.57. The third-order valence-electron chi connectivity index (χ3n) is 3.99. The quantitative estimate of drug-likeness (QED) is 0.591. The maximum atomic E-state index is 12.7. The minimum Gasteiger partial charge on any atom is -0.479 e. The molecule has 2 N–H and O–H groups in total. The maximum Gasteiger partial charge on any atom is 0.573 e. The molecule has 1 amide bonds. The Morgan fingerprint density at radius 3 is 2.30 bits per heavy atom. The zero-order chi connectivity index (χ0) is 21.9. The number of aryl methyl sites for hydroxylation is 1. The Labute approximate surface area is 173 Å². The SMILES string of the molecule is Cc1nc(-c2ccc(OC(F)(F)F)cc2)sc1C(=O)N[C@@H](C(=O)O)c1ccccc1. The van der Waals surface area contributed by atoms with E-state index in [9.17, 15) is 27.9 Å². The molecule has 0 saturated carbocycles. The van der Waals surface area contributed by atoms with Crippen molar-refractivity contribution in [2.24, 2.45) is 0 Å². The molecule has 0 unspecified atom stereocenters. The Bertz CT molecular complexity index is 1050. The standard InChI is InChI=1S/C20H15F3N2O4S/c1-11-16(17(26)25-15(19(27)28)12-5-3-2-4-6-12)30-18(24-11)13-7-9-14(10-8-13)29-20(21,22)23/h2-10,15H,1H3,(H,25,26)(H,27,28)/t15-/m1/s1. The molecule has 0 saturated heterocycles. The fraction of sp³-hybridized carbons (Fsp3) is 0.150. The summed E-state index contributed by atoms with van der Waals surface area (Å²) < 4.78 is 40.7. The van der Waals surface area contributed by atoms with Crippen LogP contribution in [0.2, 0.25) is 0 Å². The van der Waals surface area contributed by atoms with Crippen LogP contribution < -0.4 is 10.1 Å². The molecule has 2 aromatic carbocycles.